The molecule has 12 heteroatoms. The van der Waals surface area contributed by atoms with Gasteiger partial charge in [0.2, 0.25) is 0 Å². The van der Waals surface area contributed by atoms with Gasteiger partial charge >= 0.3 is 6.18 Å². The van der Waals surface area contributed by atoms with Crippen molar-refractivity contribution in [2.24, 2.45) is 16.8 Å². The van der Waals surface area contributed by atoms with E-state index in [4.69, 9.17) is 4.99 Å². The second-order valence-corrected chi connectivity index (χ2v) is 12.7. The van der Waals surface area contributed by atoms with E-state index in [9.17, 15) is 18.0 Å². The smallest absolute Gasteiger partial charge is 0.351 e. The van der Waals surface area contributed by atoms with Crippen molar-refractivity contribution >= 4 is 45.8 Å². The summed E-state index contributed by atoms with van der Waals surface area (Å²) in [6.07, 6.45) is 1.18. The summed E-state index contributed by atoms with van der Waals surface area (Å²) < 4.78 is 44.3. The van der Waals surface area contributed by atoms with Gasteiger partial charge in [-0.1, -0.05) is 19.1 Å². The number of alkyl halides is 3. The molecule has 2 aliphatic heterocycles. The fourth-order valence-corrected chi connectivity index (χ4v) is 6.32. The molecule has 0 aromatic carbocycles. The Bertz CT molecular complexity index is 1280. The zero-order valence-corrected chi connectivity index (χ0v) is 25.3. The second-order valence-electron chi connectivity index (χ2n) is 10.8. The van der Waals surface area contributed by atoms with Gasteiger partial charge in [-0.2, -0.15) is 13.2 Å². The fraction of sp³-hybridized carbons (Fsp3) is 0.500. The average molecular weight is 640 g/mol. The molecule has 0 bridgehead atoms. The first-order valence-corrected chi connectivity index (χ1v) is 14.8. The lowest BCUT2D eigenvalue weighted by atomic mass is 9.83. The molecule has 40 heavy (non-hydrogen) atoms. The summed E-state index contributed by atoms with van der Waals surface area (Å²) in [5, 5.41) is 4.22. The van der Waals surface area contributed by atoms with Gasteiger partial charge in [0, 0.05) is 18.5 Å². The van der Waals surface area contributed by atoms with Gasteiger partial charge in [0.1, 0.15) is 22.0 Å². The zero-order chi connectivity index (χ0) is 29.1. The highest BCUT2D eigenvalue weighted by atomic mass is 79.9. The maximum absolute atomic E-state index is 13.5. The number of amidine groups is 1. The third kappa shape index (κ3) is 7.25. The Labute approximate surface area is 245 Å². The van der Waals surface area contributed by atoms with Crippen LogP contribution in [0, 0.1) is 11.8 Å². The molecule has 0 spiro atoms. The average Bonchev–Trinajstić information content (AvgIpc) is 3.23. The Morgan fingerprint density at radius 3 is 2.77 bits per heavy atom. The molecule has 0 aliphatic carbocycles. The van der Waals surface area contributed by atoms with E-state index in [2.05, 4.69) is 67.7 Å². The number of aromatic nitrogens is 2. The summed E-state index contributed by atoms with van der Waals surface area (Å²) >= 11 is 4.86. The van der Waals surface area contributed by atoms with Gasteiger partial charge in [-0.25, -0.2) is 9.97 Å². The van der Waals surface area contributed by atoms with E-state index in [0.29, 0.717) is 41.1 Å². The van der Waals surface area contributed by atoms with E-state index in [0.717, 1.165) is 36.1 Å². The van der Waals surface area contributed by atoms with E-state index < -0.39 is 17.9 Å². The number of anilines is 1. The van der Waals surface area contributed by atoms with E-state index in [1.54, 1.807) is 18.2 Å². The number of aldehydes is 1. The highest BCUT2D eigenvalue weighted by Crippen LogP contribution is 2.43. The lowest BCUT2D eigenvalue weighted by molar-refractivity contribution is -0.141. The van der Waals surface area contributed by atoms with Gasteiger partial charge in [-0.3, -0.25) is 14.5 Å². The van der Waals surface area contributed by atoms with Gasteiger partial charge in [0.05, 0.1) is 22.3 Å². The third-order valence-corrected chi connectivity index (χ3v) is 8.60. The van der Waals surface area contributed by atoms with Crippen molar-refractivity contribution in [1.82, 2.24) is 20.0 Å². The molecule has 1 saturated heterocycles. The molecule has 2 N–H and O–H groups in total. The first kappa shape index (κ1) is 30.5. The van der Waals surface area contributed by atoms with Crippen LogP contribution < -0.4 is 14.9 Å². The van der Waals surface area contributed by atoms with Crippen molar-refractivity contribution in [1.29, 1.82) is 0 Å². The van der Waals surface area contributed by atoms with Crippen LogP contribution in [0.1, 0.15) is 74.2 Å². The lowest BCUT2D eigenvalue weighted by Gasteiger charge is -2.33. The van der Waals surface area contributed by atoms with Crippen LogP contribution in [0.5, 0.6) is 0 Å². The summed E-state index contributed by atoms with van der Waals surface area (Å²) in [5.74, 6) is 1.68. The largest absolute Gasteiger partial charge is 0.433 e. The number of halogens is 4. The molecular weight excluding hydrogens is 605 g/mol. The van der Waals surface area contributed by atoms with Crippen molar-refractivity contribution < 1.29 is 18.0 Å². The molecule has 0 radical (unpaired) electrons. The molecule has 0 saturated carbocycles. The minimum absolute atomic E-state index is 0.104. The number of hydrogen-bond acceptors (Lipinski definition) is 7. The summed E-state index contributed by atoms with van der Waals surface area (Å²) in [6, 6.07) is 6.98. The topological polar surface area (TPSA) is 82.5 Å². The lowest BCUT2D eigenvalue weighted by Crippen LogP contribution is -2.39. The predicted octanol–water partition coefficient (Wildman–Crippen LogP) is 6.93. The quantitative estimate of drug-likeness (QED) is 0.175. The SMILES string of the molecule is CNSC1=CCCC(=NC(CC(C)C2CN(c3nc(Br)ccc3C=O)C(C)(C)C2)c2cccc(C(F)(F)F)n2)N1. The molecule has 2 aromatic heterocycles. The van der Waals surface area contributed by atoms with E-state index in [1.165, 1.54) is 18.0 Å². The van der Waals surface area contributed by atoms with Gasteiger partial charge in [0.15, 0.2) is 6.29 Å². The Hall–Kier alpha value is -2.44. The van der Waals surface area contributed by atoms with Gasteiger partial charge in [0.25, 0.3) is 0 Å². The summed E-state index contributed by atoms with van der Waals surface area (Å²) in [7, 11) is 1.82. The Morgan fingerprint density at radius 1 is 1.30 bits per heavy atom. The van der Waals surface area contributed by atoms with Crippen LogP contribution in [0.15, 0.2) is 51.0 Å². The van der Waals surface area contributed by atoms with Crippen LogP contribution in [-0.2, 0) is 6.18 Å². The van der Waals surface area contributed by atoms with Crippen LogP contribution >= 0.6 is 27.9 Å². The third-order valence-electron chi connectivity index (χ3n) is 7.47. The number of hydrogen-bond donors (Lipinski definition) is 2. The molecule has 1 fully saturated rings. The minimum Gasteiger partial charge on any atom is -0.351 e. The molecule has 2 aliphatic rings. The summed E-state index contributed by atoms with van der Waals surface area (Å²) in [5.41, 5.74) is -0.357. The maximum atomic E-state index is 13.5. The van der Waals surface area contributed by atoms with Crippen LogP contribution in [0.3, 0.4) is 0 Å². The molecular formula is C28H34BrF3N6OS. The van der Waals surface area contributed by atoms with E-state index >= 15 is 0 Å². The number of carbonyl (C=O) groups is 1. The highest BCUT2D eigenvalue weighted by Gasteiger charge is 2.42. The zero-order valence-electron chi connectivity index (χ0n) is 22.9. The van der Waals surface area contributed by atoms with Gasteiger partial charge < -0.3 is 10.2 Å². The number of allylic oxidation sites excluding steroid dienone is 1. The first-order valence-electron chi connectivity index (χ1n) is 13.2. The van der Waals surface area contributed by atoms with Crippen LogP contribution in [0.25, 0.3) is 0 Å². The molecule has 3 atom stereocenters. The fourth-order valence-electron chi connectivity index (χ4n) is 5.43. The predicted molar refractivity (Wildman–Crippen MR) is 157 cm³/mol. The molecule has 0 amide bonds. The second kappa shape index (κ2) is 12.6. The van der Waals surface area contributed by atoms with Gasteiger partial charge in [-0.05, 0) is 104 Å². The van der Waals surface area contributed by atoms with Gasteiger partial charge in [-0.15, -0.1) is 0 Å². The first-order chi connectivity index (χ1) is 18.9. The van der Waals surface area contributed by atoms with Crippen LogP contribution in [-0.4, -0.2) is 41.2 Å². The van der Waals surface area contributed by atoms with Crippen molar-refractivity contribution in [2.45, 2.75) is 64.2 Å². The number of carbonyl (C=O) groups excluding carboxylic acids is 1. The number of nitrogens with zero attached hydrogens (tertiary/aromatic N) is 4. The summed E-state index contributed by atoms with van der Waals surface area (Å²) in [4.78, 5) is 27.5. The monoisotopic (exact) mass is 638 g/mol. The normalized spacial score (nSPS) is 21.6. The Balaban J connectivity index is 1.62. The number of nitrogens with one attached hydrogen (secondary N) is 2. The molecule has 216 valence electrons. The number of aliphatic imine (C=N–C) groups is 1. The van der Waals surface area contributed by atoms with Crippen molar-refractivity contribution in [3.05, 3.63) is 63.0 Å². The van der Waals surface area contributed by atoms with Crippen molar-refractivity contribution in [3.63, 3.8) is 0 Å². The summed E-state index contributed by atoms with van der Waals surface area (Å²) in [6.45, 7) is 7.04. The molecule has 7 nitrogen and oxygen atoms in total. The minimum atomic E-state index is -4.54. The number of rotatable bonds is 9. The molecule has 4 heterocycles. The molecule has 2 aromatic rings. The molecule has 3 unspecified atom stereocenters. The number of pyridine rings is 2. The van der Waals surface area contributed by atoms with Crippen molar-refractivity contribution in [3.8, 4) is 0 Å². The Kier molecular flexibility index (Phi) is 9.62. The maximum Gasteiger partial charge on any atom is 0.433 e. The van der Waals surface area contributed by atoms with Crippen LogP contribution in [0.4, 0.5) is 19.0 Å². The van der Waals surface area contributed by atoms with E-state index in [-0.39, 0.29) is 17.4 Å². The van der Waals surface area contributed by atoms with Crippen LogP contribution in [0.2, 0.25) is 0 Å². The highest BCUT2D eigenvalue weighted by molar-refractivity contribution is 9.10. The Morgan fingerprint density at radius 2 is 2.08 bits per heavy atom. The standard InChI is InChI=1S/C28H34BrF3N6OS/c1-17(19-14-27(2,3)38(15-19)26-18(16-39)11-12-23(29)36-26)13-21(20-7-5-8-22(34-20)28(30,31)32)35-24-9-6-10-25(37-24)40-33-4/h5,7-8,10-12,16-17,19,21,33H,6,9,13-15H2,1-4H3,(H,35,37). The molecule has 4 rings (SSSR count). The van der Waals surface area contributed by atoms with Crippen molar-refractivity contribution in [2.75, 3.05) is 18.5 Å². The van der Waals surface area contributed by atoms with E-state index in [1.807, 2.05) is 7.05 Å².